The van der Waals surface area contributed by atoms with E-state index >= 15 is 0 Å². The van der Waals surface area contributed by atoms with Gasteiger partial charge in [-0.1, -0.05) is 18.2 Å². The van der Waals surface area contributed by atoms with E-state index in [1.807, 2.05) is 19.4 Å². The van der Waals surface area contributed by atoms with Gasteiger partial charge in [0.15, 0.2) is 0 Å². The summed E-state index contributed by atoms with van der Waals surface area (Å²) >= 11 is 0. The van der Waals surface area contributed by atoms with Gasteiger partial charge in [0, 0.05) is 32.5 Å². The highest BCUT2D eigenvalue weighted by atomic mass is 15.1. The van der Waals surface area contributed by atoms with Crippen molar-refractivity contribution in [2.75, 3.05) is 7.05 Å². The molecule has 19 heavy (non-hydrogen) atoms. The van der Waals surface area contributed by atoms with Crippen LogP contribution >= 0.6 is 0 Å². The molecular weight excluding hydrogens is 236 g/mol. The largest absolute Gasteiger partial charge is 0.337 e. The summed E-state index contributed by atoms with van der Waals surface area (Å²) in [6.07, 6.45) is 3.81. The lowest BCUT2D eigenvalue weighted by molar-refractivity contribution is 0.306. The molecule has 0 aliphatic rings. The zero-order valence-corrected chi connectivity index (χ0v) is 11.9. The SMILES string of the molecule is Cc1cc(CN)ccc1CN(C)Cc1nccn1C. The minimum absolute atomic E-state index is 0.601. The van der Waals surface area contributed by atoms with Gasteiger partial charge in [-0.15, -0.1) is 0 Å². The minimum Gasteiger partial charge on any atom is -0.337 e. The predicted molar refractivity (Wildman–Crippen MR) is 77.4 cm³/mol. The minimum atomic E-state index is 0.601. The highest BCUT2D eigenvalue weighted by molar-refractivity contribution is 5.30. The van der Waals surface area contributed by atoms with E-state index in [0.717, 1.165) is 18.9 Å². The van der Waals surface area contributed by atoms with Gasteiger partial charge < -0.3 is 10.3 Å². The van der Waals surface area contributed by atoms with Crippen LogP contribution in [0.25, 0.3) is 0 Å². The molecule has 1 aromatic heterocycles. The molecule has 0 saturated carbocycles. The Kier molecular flexibility index (Phi) is 4.35. The van der Waals surface area contributed by atoms with E-state index in [1.165, 1.54) is 16.7 Å². The topological polar surface area (TPSA) is 47.1 Å². The van der Waals surface area contributed by atoms with Crippen molar-refractivity contribution in [3.8, 4) is 0 Å². The molecule has 2 rings (SSSR count). The maximum Gasteiger partial charge on any atom is 0.122 e. The van der Waals surface area contributed by atoms with Crippen molar-refractivity contribution in [1.29, 1.82) is 0 Å². The van der Waals surface area contributed by atoms with Crippen molar-refractivity contribution in [2.45, 2.75) is 26.6 Å². The summed E-state index contributed by atoms with van der Waals surface area (Å²) in [6, 6.07) is 6.45. The van der Waals surface area contributed by atoms with Crippen LogP contribution in [0.5, 0.6) is 0 Å². The second-order valence-corrected chi connectivity index (χ2v) is 5.09. The molecule has 1 aromatic carbocycles. The molecule has 0 saturated heterocycles. The lowest BCUT2D eigenvalue weighted by Crippen LogP contribution is -2.20. The van der Waals surface area contributed by atoms with Gasteiger partial charge >= 0.3 is 0 Å². The number of nitrogens with zero attached hydrogens (tertiary/aromatic N) is 3. The van der Waals surface area contributed by atoms with Gasteiger partial charge in [-0.2, -0.15) is 0 Å². The third-order valence-corrected chi connectivity index (χ3v) is 3.42. The molecule has 0 spiro atoms. The third-order valence-electron chi connectivity index (χ3n) is 3.42. The van der Waals surface area contributed by atoms with Gasteiger partial charge in [0.1, 0.15) is 5.82 Å². The van der Waals surface area contributed by atoms with Gasteiger partial charge in [-0.05, 0) is 30.7 Å². The quantitative estimate of drug-likeness (QED) is 0.890. The molecule has 102 valence electrons. The monoisotopic (exact) mass is 258 g/mol. The number of aromatic nitrogens is 2. The molecule has 0 aliphatic heterocycles. The first-order chi connectivity index (χ1) is 9.10. The molecule has 0 aliphatic carbocycles. The molecular formula is C15H22N4. The first-order valence-corrected chi connectivity index (χ1v) is 6.53. The Labute approximate surface area is 114 Å². The Morgan fingerprint density at radius 2 is 2.11 bits per heavy atom. The number of aryl methyl sites for hydroxylation is 2. The second kappa shape index (κ2) is 5.99. The molecule has 2 N–H and O–H groups in total. The molecule has 0 amide bonds. The van der Waals surface area contributed by atoms with Crippen molar-refractivity contribution in [3.05, 3.63) is 53.1 Å². The van der Waals surface area contributed by atoms with E-state index in [4.69, 9.17) is 5.73 Å². The summed E-state index contributed by atoms with van der Waals surface area (Å²) < 4.78 is 2.06. The normalized spacial score (nSPS) is 11.2. The predicted octanol–water partition coefficient (Wildman–Crippen LogP) is 1.82. The fraction of sp³-hybridized carbons (Fsp3) is 0.400. The van der Waals surface area contributed by atoms with Crippen LogP contribution in [-0.4, -0.2) is 21.5 Å². The average Bonchev–Trinajstić information content (AvgIpc) is 2.77. The Balaban J connectivity index is 2.03. The molecule has 0 bridgehead atoms. The number of rotatable bonds is 5. The molecule has 0 unspecified atom stereocenters. The fourth-order valence-electron chi connectivity index (χ4n) is 2.20. The standard InChI is InChI=1S/C15H22N4/c1-12-8-13(9-16)4-5-14(12)10-18(2)11-15-17-6-7-19(15)3/h4-8H,9-11,16H2,1-3H3. The van der Waals surface area contributed by atoms with Crippen LogP contribution in [0.3, 0.4) is 0 Å². The lowest BCUT2D eigenvalue weighted by atomic mass is 10.0. The third kappa shape index (κ3) is 3.43. The molecule has 4 nitrogen and oxygen atoms in total. The summed E-state index contributed by atoms with van der Waals surface area (Å²) in [5.41, 5.74) is 9.49. The van der Waals surface area contributed by atoms with E-state index in [2.05, 4.69) is 46.6 Å². The first-order valence-electron chi connectivity index (χ1n) is 6.53. The maximum atomic E-state index is 5.66. The highest BCUT2D eigenvalue weighted by Gasteiger charge is 2.07. The molecule has 0 fully saturated rings. The summed E-state index contributed by atoms with van der Waals surface area (Å²) in [7, 11) is 4.14. The van der Waals surface area contributed by atoms with E-state index in [-0.39, 0.29) is 0 Å². The van der Waals surface area contributed by atoms with Gasteiger partial charge in [-0.3, -0.25) is 4.90 Å². The Morgan fingerprint density at radius 3 is 2.68 bits per heavy atom. The van der Waals surface area contributed by atoms with E-state index < -0.39 is 0 Å². The number of benzene rings is 1. The van der Waals surface area contributed by atoms with Crippen molar-refractivity contribution < 1.29 is 0 Å². The zero-order chi connectivity index (χ0) is 13.8. The lowest BCUT2D eigenvalue weighted by Gasteiger charge is -2.18. The van der Waals surface area contributed by atoms with Crippen molar-refractivity contribution in [3.63, 3.8) is 0 Å². The molecule has 0 radical (unpaired) electrons. The van der Waals surface area contributed by atoms with Crippen LogP contribution in [0.2, 0.25) is 0 Å². The van der Waals surface area contributed by atoms with E-state index in [9.17, 15) is 0 Å². The van der Waals surface area contributed by atoms with E-state index in [0.29, 0.717) is 6.54 Å². The van der Waals surface area contributed by atoms with Gasteiger partial charge in [0.25, 0.3) is 0 Å². The fourth-order valence-corrected chi connectivity index (χ4v) is 2.20. The smallest absolute Gasteiger partial charge is 0.122 e. The van der Waals surface area contributed by atoms with Crippen LogP contribution in [0, 0.1) is 6.92 Å². The summed E-state index contributed by atoms with van der Waals surface area (Å²) in [5.74, 6) is 1.08. The van der Waals surface area contributed by atoms with Gasteiger partial charge in [0.2, 0.25) is 0 Å². The second-order valence-electron chi connectivity index (χ2n) is 5.09. The summed E-state index contributed by atoms with van der Waals surface area (Å²) in [4.78, 5) is 6.62. The summed E-state index contributed by atoms with van der Waals surface area (Å²) in [5, 5.41) is 0. The maximum absolute atomic E-state index is 5.66. The Bertz CT molecular complexity index is 545. The molecule has 2 aromatic rings. The van der Waals surface area contributed by atoms with Crippen molar-refractivity contribution >= 4 is 0 Å². The number of imidazole rings is 1. The number of hydrogen-bond acceptors (Lipinski definition) is 3. The van der Waals surface area contributed by atoms with Crippen LogP contribution in [0.1, 0.15) is 22.5 Å². The van der Waals surface area contributed by atoms with Crippen molar-refractivity contribution in [2.24, 2.45) is 12.8 Å². The number of hydrogen-bond donors (Lipinski definition) is 1. The Morgan fingerprint density at radius 1 is 1.32 bits per heavy atom. The molecule has 0 atom stereocenters. The van der Waals surface area contributed by atoms with Crippen molar-refractivity contribution in [1.82, 2.24) is 14.5 Å². The highest BCUT2D eigenvalue weighted by Crippen LogP contribution is 2.14. The van der Waals surface area contributed by atoms with Crippen LogP contribution < -0.4 is 5.73 Å². The Hall–Kier alpha value is -1.65. The van der Waals surface area contributed by atoms with Gasteiger partial charge in [-0.25, -0.2) is 4.98 Å². The van der Waals surface area contributed by atoms with Gasteiger partial charge in [0.05, 0.1) is 6.54 Å². The average molecular weight is 258 g/mol. The molecule has 1 heterocycles. The van der Waals surface area contributed by atoms with Crippen LogP contribution in [0.15, 0.2) is 30.6 Å². The summed E-state index contributed by atoms with van der Waals surface area (Å²) in [6.45, 7) is 4.51. The molecule has 4 heteroatoms. The van der Waals surface area contributed by atoms with Crippen LogP contribution in [-0.2, 0) is 26.7 Å². The zero-order valence-electron chi connectivity index (χ0n) is 11.9. The van der Waals surface area contributed by atoms with Crippen LogP contribution in [0.4, 0.5) is 0 Å². The van der Waals surface area contributed by atoms with E-state index in [1.54, 1.807) is 0 Å². The number of nitrogens with two attached hydrogens (primary N) is 1. The first kappa shape index (κ1) is 13.8.